The van der Waals surface area contributed by atoms with E-state index in [2.05, 4.69) is 10.3 Å². The number of imide groups is 1. The van der Waals surface area contributed by atoms with Crippen LogP contribution in [0.5, 0.6) is 5.75 Å². The summed E-state index contributed by atoms with van der Waals surface area (Å²) in [5.41, 5.74) is 1.51. The first-order valence-electron chi connectivity index (χ1n) is 5.03. The van der Waals surface area contributed by atoms with Gasteiger partial charge in [-0.1, -0.05) is 6.07 Å². The number of rotatable bonds is 1. The molecule has 2 amide bonds. The number of phenols is 1. The highest BCUT2D eigenvalue weighted by atomic mass is 16.3. The normalized spacial score (nSPS) is 15.2. The Morgan fingerprint density at radius 2 is 2.00 bits per heavy atom. The predicted molar refractivity (Wildman–Crippen MR) is 61.1 cm³/mol. The van der Waals surface area contributed by atoms with Gasteiger partial charge in [0.25, 0.3) is 11.8 Å². The Kier molecular flexibility index (Phi) is 1.82. The first-order chi connectivity index (χ1) is 8.16. The Bertz CT molecular complexity index is 682. The maximum Gasteiger partial charge on any atom is 0.258 e. The first-order valence-corrected chi connectivity index (χ1v) is 5.03. The number of carbonyl (C=O) groups excluding carboxylic acids is 2. The van der Waals surface area contributed by atoms with Crippen LogP contribution >= 0.6 is 0 Å². The van der Waals surface area contributed by atoms with Crippen molar-refractivity contribution in [2.75, 3.05) is 0 Å². The summed E-state index contributed by atoms with van der Waals surface area (Å²) in [4.78, 5) is 25.6. The van der Waals surface area contributed by atoms with E-state index in [0.29, 0.717) is 16.5 Å². The number of aromatic amines is 1. The molecule has 0 aliphatic carbocycles. The van der Waals surface area contributed by atoms with Gasteiger partial charge >= 0.3 is 0 Å². The summed E-state index contributed by atoms with van der Waals surface area (Å²) in [6, 6.07) is 5.02. The average Bonchev–Trinajstić information content (AvgIpc) is 2.83. The number of nitrogens with one attached hydrogen (secondary N) is 2. The van der Waals surface area contributed by atoms with E-state index in [-0.39, 0.29) is 11.3 Å². The number of phenolic OH excluding ortho intramolecular Hbond substituents is 1. The lowest BCUT2D eigenvalue weighted by Crippen LogP contribution is -2.21. The minimum Gasteiger partial charge on any atom is -0.507 e. The van der Waals surface area contributed by atoms with Gasteiger partial charge in [-0.15, -0.1) is 0 Å². The summed E-state index contributed by atoms with van der Waals surface area (Å²) >= 11 is 0. The van der Waals surface area contributed by atoms with Crippen LogP contribution in [0.2, 0.25) is 0 Å². The maximum absolute atomic E-state index is 11.5. The lowest BCUT2D eigenvalue weighted by molar-refractivity contribution is -0.123. The molecule has 17 heavy (non-hydrogen) atoms. The molecule has 0 bridgehead atoms. The van der Waals surface area contributed by atoms with Crippen molar-refractivity contribution in [2.45, 2.75) is 0 Å². The van der Waals surface area contributed by atoms with E-state index in [4.69, 9.17) is 0 Å². The van der Waals surface area contributed by atoms with Gasteiger partial charge in [-0.05, 0) is 12.1 Å². The van der Waals surface area contributed by atoms with E-state index in [1.165, 1.54) is 12.1 Å². The summed E-state index contributed by atoms with van der Waals surface area (Å²) in [7, 11) is 0. The summed E-state index contributed by atoms with van der Waals surface area (Å²) in [5.74, 6) is -0.805. The molecule has 0 atom stereocenters. The third-order valence-electron chi connectivity index (χ3n) is 2.73. The zero-order valence-electron chi connectivity index (χ0n) is 8.65. The highest BCUT2D eigenvalue weighted by Crippen LogP contribution is 2.32. The largest absolute Gasteiger partial charge is 0.507 e. The van der Waals surface area contributed by atoms with Gasteiger partial charge in [0.1, 0.15) is 5.75 Å². The molecule has 0 saturated heterocycles. The van der Waals surface area contributed by atoms with Crippen LogP contribution in [0.1, 0.15) is 5.56 Å². The molecule has 0 radical (unpaired) electrons. The molecule has 84 valence electrons. The van der Waals surface area contributed by atoms with Crippen LogP contribution in [0.4, 0.5) is 0 Å². The molecule has 1 aliphatic heterocycles. The van der Waals surface area contributed by atoms with Crippen molar-refractivity contribution in [1.82, 2.24) is 10.3 Å². The van der Waals surface area contributed by atoms with E-state index in [1.54, 1.807) is 18.3 Å². The monoisotopic (exact) mass is 228 g/mol. The van der Waals surface area contributed by atoms with Crippen molar-refractivity contribution >= 4 is 28.3 Å². The van der Waals surface area contributed by atoms with Crippen molar-refractivity contribution in [1.29, 1.82) is 0 Å². The van der Waals surface area contributed by atoms with Crippen molar-refractivity contribution in [2.24, 2.45) is 0 Å². The number of amides is 2. The minimum absolute atomic E-state index is 0.0757. The number of aromatic nitrogens is 1. The molecule has 2 aromatic rings. The molecule has 3 N–H and O–H groups in total. The quantitative estimate of drug-likeness (QED) is 0.634. The topological polar surface area (TPSA) is 82.2 Å². The molecule has 0 unspecified atom stereocenters. The van der Waals surface area contributed by atoms with E-state index < -0.39 is 11.8 Å². The number of fused-ring (bicyclic) bond motifs is 1. The molecule has 5 nitrogen and oxygen atoms in total. The third-order valence-corrected chi connectivity index (χ3v) is 2.73. The van der Waals surface area contributed by atoms with Crippen molar-refractivity contribution in [3.8, 4) is 5.75 Å². The Labute approximate surface area is 95.8 Å². The zero-order chi connectivity index (χ0) is 12.0. The fourth-order valence-electron chi connectivity index (χ4n) is 1.99. The highest BCUT2D eigenvalue weighted by Gasteiger charge is 2.25. The number of hydrogen-bond acceptors (Lipinski definition) is 3. The van der Waals surface area contributed by atoms with E-state index in [1.807, 2.05) is 0 Å². The van der Waals surface area contributed by atoms with Crippen LogP contribution < -0.4 is 5.32 Å². The van der Waals surface area contributed by atoms with Crippen LogP contribution in [0.15, 0.2) is 30.5 Å². The van der Waals surface area contributed by atoms with Gasteiger partial charge < -0.3 is 10.1 Å². The molecule has 3 rings (SSSR count). The van der Waals surface area contributed by atoms with Crippen LogP contribution in [-0.4, -0.2) is 21.9 Å². The fourth-order valence-corrected chi connectivity index (χ4v) is 1.99. The molecular formula is C12H8N2O3. The smallest absolute Gasteiger partial charge is 0.258 e. The minimum atomic E-state index is -0.445. The molecule has 5 heteroatoms. The van der Waals surface area contributed by atoms with E-state index >= 15 is 0 Å². The lowest BCUT2D eigenvalue weighted by Gasteiger charge is -2.00. The second-order valence-corrected chi connectivity index (χ2v) is 3.78. The van der Waals surface area contributed by atoms with Crippen LogP contribution in [0, 0.1) is 0 Å². The summed E-state index contributed by atoms with van der Waals surface area (Å²) < 4.78 is 0. The number of hydrogen-bond donors (Lipinski definition) is 3. The van der Waals surface area contributed by atoms with Gasteiger partial charge in [0, 0.05) is 28.7 Å². The highest BCUT2D eigenvalue weighted by molar-refractivity contribution is 6.35. The average molecular weight is 228 g/mol. The summed E-state index contributed by atoms with van der Waals surface area (Å²) in [5, 5.41) is 12.5. The van der Waals surface area contributed by atoms with Crippen molar-refractivity contribution < 1.29 is 14.7 Å². The molecular weight excluding hydrogens is 220 g/mol. The van der Waals surface area contributed by atoms with Crippen LogP contribution in [0.3, 0.4) is 0 Å². The van der Waals surface area contributed by atoms with E-state index in [0.717, 1.165) is 0 Å². The zero-order valence-corrected chi connectivity index (χ0v) is 8.65. The standard InChI is InChI=1S/C12H8N2O3/c15-9-3-1-2-8-11(9)7(5-13-8)6-4-10(16)14-12(6)17/h1-5,13,15H,(H,14,16,17). The first kappa shape index (κ1) is 9.65. The second kappa shape index (κ2) is 3.21. The molecule has 1 aliphatic rings. The van der Waals surface area contributed by atoms with Crippen LogP contribution in [0.25, 0.3) is 16.5 Å². The SMILES string of the molecule is O=C1C=C(c2c[nH]c3cccc(O)c23)C(=O)N1. The second-order valence-electron chi connectivity index (χ2n) is 3.78. The van der Waals surface area contributed by atoms with Gasteiger partial charge in [0.2, 0.25) is 0 Å². The number of benzene rings is 1. The van der Waals surface area contributed by atoms with Gasteiger partial charge in [0.15, 0.2) is 0 Å². The Morgan fingerprint density at radius 1 is 1.18 bits per heavy atom. The van der Waals surface area contributed by atoms with Crippen molar-refractivity contribution in [3.05, 3.63) is 36.0 Å². The summed E-state index contributed by atoms with van der Waals surface area (Å²) in [6.45, 7) is 0. The number of H-pyrrole nitrogens is 1. The Balaban J connectivity index is 2.29. The number of carbonyl (C=O) groups is 2. The molecule has 2 heterocycles. The van der Waals surface area contributed by atoms with Gasteiger partial charge in [-0.25, -0.2) is 0 Å². The molecule has 0 spiro atoms. The number of aromatic hydroxyl groups is 1. The van der Waals surface area contributed by atoms with Gasteiger partial charge in [-0.3, -0.25) is 14.9 Å². The molecule has 0 fully saturated rings. The maximum atomic E-state index is 11.5. The Morgan fingerprint density at radius 3 is 2.71 bits per heavy atom. The molecule has 1 aromatic heterocycles. The third kappa shape index (κ3) is 1.32. The predicted octanol–water partition coefficient (Wildman–Crippen LogP) is 0.913. The summed E-state index contributed by atoms with van der Waals surface area (Å²) in [6.07, 6.45) is 2.84. The molecule has 1 aromatic carbocycles. The van der Waals surface area contributed by atoms with E-state index in [9.17, 15) is 14.7 Å². The Hall–Kier alpha value is -2.56. The van der Waals surface area contributed by atoms with Gasteiger partial charge in [-0.2, -0.15) is 0 Å². The van der Waals surface area contributed by atoms with Crippen LogP contribution in [-0.2, 0) is 9.59 Å². The lowest BCUT2D eigenvalue weighted by atomic mass is 10.0. The van der Waals surface area contributed by atoms with Gasteiger partial charge in [0.05, 0.1) is 5.57 Å². The van der Waals surface area contributed by atoms with Crippen molar-refractivity contribution in [3.63, 3.8) is 0 Å². The fraction of sp³-hybridized carbons (Fsp3) is 0. The molecule has 0 saturated carbocycles.